The van der Waals surface area contributed by atoms with Crippen LogP contribution in [0.4, 0.5) is 13.2 Å². The average molecular weight is 254 g/mol. The Morgan fingerprint density at radius 2 is 2.25 bits per heavy atom. The molecule has 8 heteroatoms. The molecule has 0 amide bonds. The fourth-order valence-corrected chi connectivity index (χ4v) is 1.61. The van der Waals surface area contributed by atoms with Crippen molar-refractivity contribution >= 4 is 11.8 Å². The van der Waals surface area contributed by atoms with Crippen LogP contribution in [0.25, 0.3) is 0 Å². The highest BCUT2D eigenvalue weighted by Gasteiger charge is 2.27. The molecule has 1 aromatic heterocycles. The number of halogens is 3. The van der Waals surface area contributed by atoms with E-state index in [1.54, 1.807) is 4.68 Å². The number of hydrogen-bond donors (Lipinski definition) is 1. The molecule has 1 rings (SSSR count). The lowest BCUT2D eigenvalue weighted by molar-refractivity contribution is -0.0327. The molecular formula is C8H13F3N4S. The van der Waals surface area contributed by atoms with Crippen molar-refractivity contribution in [3.63, 3.8) is 0 Å². The topological polar surface area (TPSA) is 42.7 Å². The molecule has 1 N–H and O–H groups in total. The number of nitrogens with zero attached hydrogens (tertiary/aromatic N) is 3. The summed E-state index contributed by atoms with van der Waals surface area (Å²) in [6.45, 7) is 3.36. The number of hydrogen-bond acceptors (Lipinski definition) is 4. The molecule has 0 aliphatic carbocycles. The first kappa shape index (κ1) is 13.3. The maximum atomic E-state index is 11.8. The normalized spacial score (nSPS) is 12.0. The van der Waals surface area contributed by atoms with Gasteiger partial charge in [-0.3, -0.25) is 0 Å². The number of aromatic nitrogens is 3. The number of nitrogens with one attached hydrogen (secondary N) is 1. The zero-order chi connectivity index (χ0) is 12.0. The lowest BCUT2D eigenvalue weighted by atomic mass is 10.5. The van der Waals surface area contributed by atoms with Gasteiger partial charge in [0.2, 0.25) is 0 Å². The Labute approximate surface area is 95.6 Å². The third-order valence-corrected chi connectivity index (χ3v) is 2.56. The molecule has 0 bridgehead atoms. The fraction of sp³-hybridized carbons (Fsp3) is 0.750. The Morgan fingerprint density at radius 3 is 2.88 bits per heavy atom. The molecule has 0 aliphatic heterocycles. The predicted octanol–water partition coefficient (Wildman–Crippen LogP) is 1.64. The minimum absolute atomic E-state index is 0.00373. The summed E-state index contributed by atoms with van der Waals surface area (Å²) in [5.41, 5.74) is -4.15. The van der Waals surface area contributed by atoms with E-state index in [-0.39, 0.29) is 17.5 Å². The minimum atomic E-state index is -4.15. The van der Waals surface area contributed by atoms with Crippen molar-refractivity contribution in [3.05, 3.63) is 12.2 Å². The molecule has 1 aromatic rings. The third-order valence-electron chi connectivity index (χ3n) is 1.82. The molecule has 0 fully saturated rings. The monoisotopic (exact) mass is 254 g/mol. The van der Waals surface area contributed by atoms with Crippen LogP contribution in [0.5, 0.6) is 0 Å². The lowest BCUT2D eigenvalue weighted by Gasteiger charge is -2.07. The minimum Gasteiger partial charge on any atom is -0.309 e. The summed E-state index contributed by atoms with van der Waals surface area (Å²) in [6.07, 6.45) is 1.44. The maximum Gasteiger partial charge on any atom is 0.441 e. The van der Waals surface area contributed by atoms with Gasteiger partial charge in [0.05, 0.1) is 6.54 Å². The predicted molar refractivity (Wildman–Crippen MR) is 55.9 cm³/mol. The Morgan fingerprint density at radius 1 is 1.50 bits per heavy atom. The number of aryl methyl sites for hydroxylation is 1. The molecule has 1 heterocycles. The summed E-state index contributed by atoms with van der Waals surface area (Å²) in [5.74, 6) is 0.739. The van der Waals surface area contributed by atoms with Crippen molar-refractivity contribution in [3.8, 4) is 0 Å². The van der Waals surface area contributed by atoms with Crippen LogP contribution in [0.3, 0.4) is 0 Å². The zero-order valence-electron chi connectivity index (χ0n) is 8.79. The van der Waals surface area contributed by atoms with E-state index in [9.17, 15) is 13.2 Å². The highest BCUT2D eigenvalue weighted by atomic mass is 32.2. The van der Waals surface area contributed by atoms with Crippen LogP contribution in [-0.4, -0.2) is 32.6 Å². The van der Waals surface area contributed by atoms with Crippen molar-refractivity contribution in [1.82, 2.24) is 20.1 Å². The van der Waals surface area contributed by atoms with Gasteiger partial charge in [0.25, 0.3) is 0 Å². The van der Waals surface area contributed by atoms with E-state index in [0.29, 0.717) is 19.6 Å². The highest BCUT2D eigenvalue weighted by molar-refractivity contribution is 8.00. The van der Waals surface area contributed by atoms with E-state index in [1.807, 2.05) is 6.92 Å². The Bertz CT molecular complexity index is 312. The van der Waals surface area contributed by atoms with Gasteiger partial charge in [0.1, 0.15) is 12.2 Å². The van der Waals surface area contributed by atoms with Crippen LogP contribution in [-0.2, 0) is 13.1 Å². The van der Waals surface area contributed by atoms with Crippen LogP contribution in [0.15, 0.2) is 6.33 Å². The van der Waals surface area contributed by atoms with Crippen LogP contribution < -0.4 is 5.32 Å². The molecule has 0 saturated carbocycles. The second kappa shape index (κ2) is 6.09. The Balaban J connectivity index is 2.16. The second-order valence-corrected chi connectivity index (χ2v) is 4.12. The molecule has 92 valence electrons. The van der Waals surface area contributed by atoms with Gasteiger partial charge in [0.15, 0.2) is 0 Å². The number of alkyl halides is 3. The molecule has 0 aromatic carbocycles. The van der Waals surface area contributed by atoms with Crippen molar-refractivity contribution in [1.29, 1.82) is 0 Å². The zero-order valence-corrected chi connectivity index (χ0v) is 9.61. The van der Waals surface area contributed by atoms with Crippen LogP contribution in [0.2, 0.25) is 0 Å². The van der Waals surface area contributed by atoms with E-state index < -0.39 is 5.51 Å². The lowest BCUT2D eigenvalue weighted by Crippen LogP contribution is -2.21. The average Bonchev–Trinajstić information content (AvgIpc) is 2.63. The van der Waals surface area contributed by atoms with Gasteiger partial charge < -0.3 is 5.32 Å². The SMILES string of the molecule is CCn1ncnc1CNCCSC(F)(F)F. The Hall–Kier alpha value is -0.760. The summed E-state index contributed by atoms with van der Waals surface area (Å²) in [6, 6.07) is 0. The standard InChI is InChI=1S/C8H13F3N4S/c1-2-15-7(13-6-14-15)5-12-3-4-16-8(9,10)11/h6,12H,2-5H2,1H3. The number of thioether (sulfide) groups is 1. The molecule has 0 atom stereocenters. The van der Waals surface area contributed by atoms with E-state index in [0.717, 1.165) is 5.82 Å². The quantitative estimate of drug-likeness (QED) is 0.784. The van der Waals surface area contributed by atoms with Gasteiger partial charge in [-0.25, -0.2) is 9.67 Å². The van der Waals surface area contributed by atoms with Gasteiger partial charge in [-0.15, -0.1) is 0 Å². The third kappa shape index (κ3) is 4.84. The molecule has 0 aliphatic rings. The van der Waals surface area contributed by atoms with E-state index >= 15 is 0 Å². The summed E-state index contributed by atoms with van der Waals surface area (Å²) < 4.78 is 37.0. The van der Waals surface area contributed by atoms with Gasteiger partial charge >= 0.3 is 5.51 Å². The highest BCUT2D eigenvalue weighted by Crippen LogP contribution is 2.29. The first-order chi connectivity index (χ1) is 7.53. The summed E-state index contributed by atoms with van der Waals surface area (Å²) in [5, 5.41) is 6.84. The Kier molecular flexibility index (Phi) is 5.07. The molecule has 0 unspecified atom stereocenters. The largest absolute Gasteiger partial charge is 0.441 e. The summed E-state index contributed by atoms with van der Waals surface area (Å²) >= 11 is -0.0246. The van der Waals surface area contributed by atoms with Crippen LogP contribution >= 0.6 is 11.8 Å². The molecule has 0 spiro atoms. The van der Waals surface area contributed by atoms with Gasteiger partial charge in [-0.05, 0) is 18.7 Å². The summed E-state index contributed by atoms with van der Waals surface area (Å²) in [7, 11) is 0. The smallest absolute Gasteiger partial charge is 0.309 e. The van der Waals surface area contributed by atoms with Gasteiger partial charge in [-0.1, -0.05) is 0 Å². The second-order valence-electron chi connectivity index (χ2n) is 2.96. The molecule has 4 nitrogen and oxygen atoms in total. The van der Waals surface area contributed by atoms with E-state index in [2.05, 4.69) is 15.4 Å². The first-order valence-electron chi connectivity index (χ1n) is 4.81. The van der Waals surface area contributed by atoms with Gasteiger partial charge in [-0.2, -0.15) is 18.3 Å². The molecular weight excluding hydrogens is 241 g/mol. The summed E-state index contributed by atoms with van der Waals surface area (Å²) in [4.78, 5) is 3.99. The maximum absolute atomic E-state index is 11.8. The van der Waals surface area contributed by atoms with E-state index in [1.165, 1.54) is 6.33 Å². The van der Waals surface area contributed by atoms with Crippen LogP contribution in [0.1, 0.15) is 12.7 Å². The number of rotatable bonds is 6. The van der Waals surface area contributed by atoms with Crippen molar-refractivity contribution in [2.75, 3.05) is 12.3 Å². The van der Waals surface area contributed by atoms with Crippen molar-refractivity contribution in [2.24, 2.45) is 0 Å². The molecule has 16 heavy (non-hydrogen) atoms. The van der Waals surface area contributed by atoms with E-state index in [4.69, 9.17) is 0 Å². The molecule has 0 radical (unpaired) electrons. The fourth-order valence-electron chi connectivity index (χ4n) is 1.13. The van der Waals surface area contributed by atoms with Crippen LogP contribution in [0, 0.1) is 0 Å². The van der Waals surface area contributed by atoms with Gasteiger partial charge in [0, 0.05) is 18.8 Å². The first-order valence-corrected chi connectivity index (χ1v) is 5.79. The van der Waals surface area contributed by atoms with Crippen molar-refractivity contribution in [2.45, 2.75) is 25.5 Å². The molecule has 0 saturated heterocycles. The van der Waals surface area contributed by atoms with Crippen molar-refractivity contribution < 1.29 is 13.2 Å².